The first-order chi connectivity index (χ1) is 13.6. The molecule has 0 aliphatic heterocycles. The smallest absolute Gasteiger partial charge is 0.248 e. The standard InChI is InChI=1S/C23H15Cl2NO2/c24-17-12-16(13-18(25)14-17)22-10-8-19(28-22)9-11-23(27)26-21-7-3-5-15-4-1-2-6-20(15)21/h1-14H,(H,26,27). The van der Waals surface area contributed by atoms with Crippen LogP contribution >= 0.6 is 23.2 Å². The maximum Gasteiger partial charge on any atom is 0.248 e. The van der Waals surface area contributed by atoms with Crippen molar-refractivity contribution in [3.63, 3.8) is 0 Å². The molecule has 4 aromatic rings. The van der Waals surface area contributed by atoms with E-state index in [1.165, 1.54) is 6.08 Å². The Bertz CT molecular complexity index is 1170. The second kappa shape index (κ2) is 7.93. The van der Waals surface area contributed by atoms with Gasteiger partial charge >= 0.3 is 0 Å². The summed E-state index contributed by atoms with van der Waals surface area (Å²) in [7, 11) is 0. The van der Waals surface area contributed by atoms with E-state index in [4.69, 9.17) is 27.6 Å². The number of nitrogens with one attached hydrogen (secondary N) is 1. The average molecular weight is 408 g/mol. The predicted molar refractivity (Wildman–Crippen MR) is 116 cm³/mol. The first-order valence-electron chi connectivity index (χ1n) is 8.62. The van der Waals surface area contributed by atoms with Gasteiger partial charge in [0.2, 0.25) is 5.91 Å². The second-order valence-corrected chi connectivity index (χ2v) is 7.08. The van der Waals surface area contributed by atoms with Crippen LogP contribution in [0.15, 0.2) is 83.3 Å². The van der Waals surface area contributed by atoms with Crippen molar-refractivity contribution in [3.05, 3.63) is 94.7 Å². The number of halogens is 2. The van der Waals surface area contributed by atoms with Gasteiger partial charge in [-0.2, -0.15) is 0 Å². The van der Waals surface area contributed by atoms with Gasteiger partial charge in [-0.3, -0.25) is 4.79 Å². The van der Waals surface area contributed by atoms with Crippen molar-refractivity contribution < 1.29 is 9.21 Å². The number of fused-ring (bicyclic) bond motifs is 1. The van der Waals surface area contributed by atoms with Crippen LogP contribution in [0.25, 0.3) is 28.2 Å². The Labute approximate surface area is 172 Å². The van der Waals surface area contributed by atoms with E-state index in [1.807, 2.05) is 48.5 Å². The summed E-state index contributed by atoms with van der Waals surface area (Å²) in [5, 5.41) is 6.03. The van der Waals surface area contributed by atoms with Crippen LogP contribution < -0.4 is 5.32 Å². The zero-order chi connectivity index (χ0) is 19.5. The summed E-state index contributed by atoms with van der Waals surface area (Å²) in [6, 6.07) is 22.5. The van der Waals surface area contributed by atoms with Crippen molar-refractivity contribution in [1.82, 2.24) is 0 Å². The van der Waals surface area contributed by atoms with E-state index in [2.05, 4.69) is 5.32 Å². The number of amides is 1. The van der Waals surface area contributed by atoms with Gasteiger partial charge in [0, 0.05) is 32.8 Å². The van der Waals surface area contributed by atoms with E-state index in [9.17, 15) is 4.79 Å². The second-order valence-electron chi connectivity index (χ2n) is 6.21. The number of hydrogen-bond donors (Lipinski definition) is 1. The number of anilines is 1. The Kier molecular flexibility index (Phi) is 5.20. The molecule has 0 radical (unpaired) electrons. The van der Waals surface area contributed by atoms with Crippen LogP contribution in [0.1, 0.15) is 5.76 Å². The molecule has 0 bridgehead atoms. The number of benzene rings is 3. The van der Waals surface area contributed by atoms with Crippen LogP contribution in [0.3, 0.4) is 0 Å². The molecule has 138 valence electrons. The number of hydrogen-bond acceptors (Lipinski definition) is 2. The third-order valence-corrected chi connectivity index (χ3v) is 4.66. The van der Waals surface area contributed by atoms with E-state index < -0.39 is 0 Å². The molecular formula is C23H15Cl2NO2. The summed E-state index contributed by atoms with van der Waals surface area (Å²) < 4.78 is 5.77. The molecule has 0 aliphatic rings. The Balaban J connectivity index is 1.50. The molecule has 1 heterocycles. The van der Waals surface area contributed by atoms with Gasteiger partial charge in [0.1, 0.15) is 11.5 Å². The zero-order valence-corrected chi connectivity index (χ0v) is 16.2. The van der Waals surface area contributed by atoms with Crippen LogP contribution in [-0.2, 0) is 4.79 Å². The largest absolute Gasteiger partial charge is 0.457 e. The van der Waals surface area contributed by atoms with E-state index in [0.717, 1.165) is 22.0 Å². The normalized spacial score (nSPS) is 11.2. The minimum atomic E-state index is -0.236. The summed E-state index contributed by atoms with van der Waals surface area (Å²) >= 11 is 12.1. The van der Waals surface area contributed by atoms with Gasteiger partial charge in [-0.05, 0) is 47.9 Å². The topological polar surface area (TPSA) is 42.2 Å². The molecule has 0 fully saturated rings. The van der Waals surface area contributed by atoms with Gasteiger partial charge in [-0.15, -0.1) is 0 Å². The van der Waals surface area contributed by atoms with E-state index in [0.29, 0.717) is 21.6 Å². The lowest BCUT2D eigenvalue weighted by molar-refractivity contribution is -0.111. The quantitative estimate of drug-likeness (QED) is 0.368. The third kappa shape index (κ3) is 4.11. The van der Waals surface area contributed by atoms with Crippen molar-refractivity contribution in [1.29, 1.82) is 0 Å². The highest BCUT2D eigenvalue weighted by Gasteiger charge is 2.07. The van der Waals surface area contributed by atoms with Crippen LogP contribution in [0, 0.1) is 0 Å². The molecule has 1 aromatic heterocycles. The zero-order valence-electron chi connectivity index (χ0n) is 14.7. The number of carbonyl (C=O) groups excluding carboxylic acids is 1. The summed E-state index contributed by atoms with van der Waals surface area (Å²) in [4.78, 5) is 12.3. The molecule has 28 heavy (non-hydrogen) atoms. The van der Waals surface area contributed by atoms with Gasteiger partial charge in [-0.25, -0.2) is 0 Å². The molecule has 1 amide bonds. The first kappa shape index (κ1) is 18.4. The fourth-order valence-electron chi connectivity index (χ4n) is 2.96. The van der Waals surface area contributed by atoms with Crippen LogP contribution in [0.5, 0.6) is 0 Å². The van der Waals surface area contributed by atoms with E-state index in [1.54, 1.807) is 30.3 Å². The van der Waals surface area contributed by atoms with Gasteiger partial charge in [0.25, 0.3) is 0 Å². The Hall–Kier alpha value is -3.01. The lowest BCUT2D eigenvalue weighted by atomic mass is 10.1. The predicted octanol–water partition coefficient (Wildman–Crippen LogP) is 7.06. The van der Waals surface area contributed by atoms with Crippen molar-refractivity contribution in [2.45, 2.75) is 0 Å². The molecule has 0 saturated carbocycles. The highest BCUT2D eigenvalue weighted by Crippen LogP contribution is 2.29. The summed E-state index contributed by atoms with van der Waals surface area (Å²) in [6.45, 7) is 0. The van der Waals surface area contributed by atoms with Crippen molar-refractivity contribution in [2.24, 2.45) is 0 Å². The van der Waals surface area contributed by atoms with Crippen LogP contribution in [-0.4, -0.2) is 5.91 Å². The number of furan rings is 1. The molecule has 5 heteroatoms. The average Bonchev–Trinajstić information content (AvgIpc) is 3.15. The molecule has 0 spiro atoms. The first-order valence-corrected chi connectivity index (χ1v) is 9.37. The minimum Gasteiger partial charge on any atom is -0.457 e. The number of carbonyl (C=O) groups is 1. The SMILES string of the molecule is O=C(C=Cc1ccc(-c2cc(Cl)cc(Cl)c2)o1)Nc1cccc2ccccc12. The van der Waals surface area contributed by atoms with Crippen molar-refractivity contribution >= 4 is 51.6 Å². The Morgan fingerprint density at radius 1 is 0.893 bits per heavy atom. The maximum absolute atomic E-state index is 12.3. The van der Waals surface area contributed by atoms with Gasteiger partial charge in [0.05, 0.1) is 0 Å². The summed E-state index contributed by atoms with van der Waals surface area (Å²) in [5.41, 5.74) is 1.54. The van der Waals surface area contributed by atoms with Crippen molar-refractivity contribution in [2.75, 3.05) is 5.32 Å². The van der Waals surface area contributed by atoms with Crippen molar-refractivity contribution in [3.8, 4) is 11.3 Å². The van der Waals surface area contributed by atoms with Gasteiger partial charge < -0.3 is 9.73 Å². The molecule has 0 saturated heterocycles. The highest BCUT2D eigenvalue weighted by molar-refractivity contribution is 6.35. The highest BCUT2D eigenvalue weighted by atomic mass is 35.5. The summed E-state index contributed by atoms with van der Waals surface area (Å²) in [5.74, 6) is 0.942. The van der Waals surface area contributed by atoms with Crippen LogP contribution in [0.4, 0.5) is 5.69 Å². The lowest BCUT2D eigenvalue weighted by Crippen LogP contribution is -2.07. The Morgan fingerprint density at radius 3 is 2.46 bits per heavy atom. The molecule has 0 unspecified atom stereocenters. The fourth-order valence-corrected chi connectivity index (χ4v) is 3.49. The monoisotopic (exact) mass is 407 g/mol. The lowest BCUT2D eigenvalue weighted by Gasteiger charge is -2.06. The van der Waals surface area contributed by atoms with Gasteiger partial charge in [-0.1, -0.05) is 59.6 Å². The van der Waals surface area contributed by atoms with Gasteiger partial charge in [0.15, 0.2) is 0 Å². The minimum absolute atomic E-state index is 0.236. The number of rotatable bonds is 4. The Morgan fingerprint density at radius 2 is 1.64 bits per heavy atom. The molecular weight excluding hydrogens is 393 g/mol. The molecule has 3 nitrogen and oxygen atoms in total. The molecule has 3 aromatic carbocycles. The molecule has 1 N–H and O–H groups in total. The van der Waals surface area contributed by atoms with Crippen LogP contribution in [0.2, 0.25) is 10.0 Å². The van der Waals surface area contributed by atoms with E-state index >= 15 is 0 Å². The molecule has 0 aliphatic carbocycles. The third-order valence-electron chi connectivity index (χ3n) is 4.22. The summed E-state index contributed by atoms with van der Waals surface area (Å²) in [6.07, 6.45) is 3.06. The fraction of sp³-hybridized carbons (Fsp3) is 0. The molecule has 4 rings (SSSR count). The molecule has 0 atom stereocenters. The maximum atomic E-state index is 12.3. The van der Waals surface area contributed by atoms with E-state index in [-0.39, 0.29) is 5.91 Å².